The first-order valence-electron chi connectivity index (χ1n) is 10.4. The van der Waals surface area contributed by atoms with Crippen molar-refractivity contribution in [2.75, 3.05) is 25.0 Å². The topological polar surface area (TPSA) is 110 Å². The number of anilines is 1. The smallest absolute Gasteiger partial charge is 0.291 e. The molecule has 2 aliphatic rings. The van der Waals surface area contributed by atoms with Gasteiger partial charge in [-0.25, -0.2) is 14.3 Å². The van der Waals surface area contributed by atoms with Gasteiger partial charge in [-0.15, -0.1) is 5.10 Å². The Morgan fingerprint density at radius 2 is 2.03 bits per heavy atom. The third-order valence-corrected chi connectivity index (χ3v) is 5.81. The number of aromatic nitrogens is 5. The SMILES string of the molecule is CN1C(=O)[C@H](NC(=O)c2ncn(Cc3ccccc3)n2)CCn2nc(C3CNC3)cc21. The highest BCUT2D eigenvalue weighted by atomic mass is 16.2. The molecule has 1 aromatic carbocycles. The van der Waals surface area contributed by atoms with Crippen LogP contribution in [-0.2, 0) is 17.9 Å². The van der Waals surface area contributed by atoms with Gasteiger partial charge in [-0.2, -0.15) is 5.10 Å². The van der Waals surface area contributed by atoms with E-state index in [1.165, 1.54) is 6.33 Å². The second kappa shape index (κ2) is 7.95. The summed E-state index contributed by atoms with van der Waals surface area (Å²) in [5, 5.41) is 15.0. The van der Waals surface area contributed by atoms with Crippen LogP contribution in [0, 0.1) is 0 Å². The predicted molar refractivity (Wildman–Crippen MR) is 113 cm³/mol. The van der Waals surface area contributed by atoms with Crippen molar-refractivity contribution in [3.63, 3.8) is 0 Å². The normalized spacial score (nSPS) is 18.9. The van der Waals surface area contributed by atoms with Crippen molar-refractivity contribution in [3.05, 3.63) is 59.8 Å². The number of aryl methyl sites for hydroxylation is 1. The van der Waals surface area contributed by atoms with Gasteiger partial charge < -0.3 is 10.6 Å². The van der Waals surface area contributed by atoms with Crippen LogP contribution < -0.4 is 15.5 Å². The summed E-state index contributed by atoms with van der Waals surface area (Å²) < 4.78 is 3.46. The molecule has 0 saturated carbocycles. The van der Waals surface area contributed by atoms with E-state index in [0.29, 0.717) is 25.4 Å². The van der Waals surface area contributed by atoms with E-state index in [2.05, 4.69) is 25.8 Å². The lowest BCUT2D eigenvalue weighted by atomic mass is 10.00. The van der Waals surface area contributed by atoms with Gasteiger partial charge in [-0.3, -0.25) is 14.5 Å². The van der Waals surface area contributed by atoms with Gasteiger partial charge in [0, 0.05) is 38.7 Å². The van der Waals surface area contributed by atoms with Gasteiger partial charge in [0.1, 0.15) is 18.2 Å². The first kappa shape index (κ1) is 19.4. The van der Waals surface area contributed by atoms with Crippen LogP contribution in [-0.4, -0.2) is 62.5 Å². The van der Waals surface area contributed by atoms with E-state index < -0.39 is 11.9 Å². The zero-order valence-corrected chi connectivity index (χ0v) is 17.2. The van der Waals surface area contributed by atoms with Crippen LogP contribution in [0.25, 0.3) is 0 Å². The molecular weight excluding hydrogens is 396 g/mol. The van der Waals surface area contributed by atoms with Gasteiger partial charge in [0.25, 0.3) is 11.8 Å². The zero-order chi connectivity index (χ0) is 21.4. The summed E-state index contributed by atoms with van der Waals surface area (Å²) in [5.74, 6) is 0.575. The highest BCUT2D eigenvalue weighted by molar-refractivity contribution is 6.00. The van der Waals surface area contributed by atoms with Crippen molar-refractivity contribution in [1.82, 2.24) is 35.2 Å². The minimum absolute atomic E-state index is 0.0492. The fourth-order valence-corrected chi connectivity index (χ4v) is 3.88. The van der Waals surface area contributed by atoms with Crippen LogP contribution in [0.4, 0.5) is 5.82 Å². The lowest BCUT2D eigenvalue weighted by Crippen LogP contribution is -2.47. The van der Waals surface area contributed by atoms with Crippen molar-refractivity contribution in [2.45, 2.75) is 31.5 Å². The molecule has 5 rings (SSSR count). The fraction of sp³-hybridized carbons (Fsp3) is 0.381. The Kier molecular flexibility index (Phi) is 4.99. The summed E-state index contributed by atoms with van der Waals surface area (Å²) >= 11 is 0. The van der Waals surface area contributed by atoms with Crippen molar-refractivity contribution in [3.8, 4) is 0 Å². The van der Waals surface area contributed by atoms with Gasteiger partial charge in [0.2, 0.25) is 5.82 Å². The van der Waals surface area contributed by atoms with E-state index in [-0.39, 0.29) is 11.7 Å². The number of rotatable bonds is 5. The summed E-state index contributed by atoms with van der Waals surface area (Å²) in [4.78, 5) is 31.4. The highest BCUT2D eigenvalue weighted by Gasteiger charge is 2.33. The quantitative estimate of drug-likeness (QED) is 0.617. The molecule has 1 saturated heterocycles. The van der Waals surface area contributed by atoms with Gasteiger partial charge in [0.15, 0.2) is 0 Å². The summed E-state index contributed by atoms with van der Waals surface area (Å²) in [7, 11) is 1.72. The molecule has 10 heteroatoms. The predicted octanol–water partition coefficient (Wildman–Crippen LogP) is 0.375. The summed E-state index contributed by atoms with van der Waals surface area (Å²) in [5.41, 5.74) is 2.07. The Hall–Kier alpha value is -3.53. The molecule has 3 aromatic rings. The van der Waals surface area contributed by atoms with Crippen molar-refractivity contribution in [1.29, 1.82) is 0 Å². The van der Waals surface area contributed by atoms with Crippen molar-refractivity contribution >= 4 is 17.6 Å². The molecule has 1 atom stereocenters. The van der Waals surface area contributed by atoms with E-state index >= 15 is 0 Å². The van der Waals surface area contributed by atoms with Crippen LogP contribution in [0.15, 0.2) is 42.7 Å². The molecule has 0 unspecified atom stereocenters. The Morgan fingerprint density at radius 3 is 2.77 bits per heavy atom. The van der Waals surface area contributed by atoms with E-state index in [9.17, 15) is 9.59 Å². The molecule has 31 heavy (non-hydrogen) atoms. The van der Waals surface area contributed by atoms with Crippen LogP contribution in [0.5, 0.6) is 0 Å². The standard InChI is InChI=1S/C21H24N8O2/c1-27-18-9-17(15-10-22-11-15)25-29(18)8-7-16(21(27)31)24-20(30)19-23-13-28(26-19)12-14-5-3-2-4-6-14/h2-6,9,13,15-16,22H,7-8,10-12H2,1H3,(H,24,30)/t16-/m1/s1. The molecule has 4 heterocycles. The molecule has 0 spiro atoms. The largest absolute Gasteiger partial charge is 0.337 e. The molecule has 0 bridgehead atoms. The van der Waals surface area contributed by atoms with E-state index in [4.69, 9.17) is 0 Å². The third kappa shape index (κ3) is 3.81. The number of amides is 2. The van der Waals surface area contributed by atoms with Crippen LogP contribution >= 0.6 is 0 Å². The van der Waals surface area contributed by atoms with Gasteiger partial charge in [-0.1, -0.05) is 30.3 Å². The maximum absolute atomic E-state index is 13.0. The van der Waals surface area contributed by atoms with Crippen molar-refractivity contribution < 1.29 is 9.59 Å². The summed E-state index contributed by atoms with van der Waals surface area (Å²) in [6.07, 6.45) is 1.98. The number of nitrogens with one attached hydrogen (secondary N) is 2. The number of benzene rings is 1. The number of nitrogens with zero attached hydrogens (tertiary/aromatic N) is 6. The summed E-state index contributed by atoms with van der Waals surface area (Å²) in [6.45, 7) is 2.89. The second-order valence-corrected chi connectivity index (χ2v) is 7.97. The minimum Gasteiger partial charge on any atom is -0.337 e. The number of carbonyl (C=O) groups is 2. The number of fused-ring (bicyclic) bond motifs is 1. The average molecular weight is 420 g/mol. The van der Waals surface area contributed by atoms with Gasteiger partial charge in [0.05, 0.1) is 12.2 Å². The van der Waals surface area contributed by atoms with E-state index in [1.54, 1.807) is 16.6 Å². The molecule has 160 valence electrons. The monoisotopic (exact) mass is 420 g/mol. The molecule has 0 radical (unpaired) electrons. The Morgan fingerprint density at radius 1 is 1.23 bits per heavy atom. The lowest BCUT2D eigenvalue weighted by molar-refractivity contribution is -0.120. The van der Waals surface area contributed by atoms with Crippen LogP contribution in [0.1, 0.15) is 34.2 Å². The first-order chi connectivity index (χ1) is 15.1. The highest BCUT2D eigenvalue weighted by Crippen LogP contribution is 2.26. The van der Waals surface area contributed by atoms with Gasteiger partial charge >= 0.3 is 0 Å². The lowest BCUT2D eigenvalue weighted by Gasteiger charge is -2.25. The molecule has 0 aliphatic carbocycles. The maximum Gasteiger partial charge on any atom is 0.291 e. The molecule has 2 N–H and O–H groups in total. The molecule has 2 amide bonds. The summed E-state index contributed by atoms with van der Waals surface area (Å²) in [6, 6.07) is 11.1. The van der Waals surface area contributed by atoms with E-state index in [0.717, 1.165) is 30.2 Å². The first-order valence-corrected chi connectivity index (χ1v) is 10.4. The average Bonchev–Trinajstić information content (AvgIpc) is 3.34. The third-order valence-electron chi connectivity index (χ3n) is 5.81. The van der Waals surface area contributed by atoms with E-state index in [1.807, 2.05) is 41.1 Å². The Bertz CT molecular complexity index is 1100. The minimum atomic E-state index is -0.658. The molecule has 10 nitrogen and oxygen atoms in total. The van der Waals surface area contributed by atoms with Gasteiger partial charge in [-0.05, 0) is 12.0 Å². The molecule has 2 aromatic heterocycles. The zero-order valence-electron chi connectivity index (χ0n) is 17.2. The molecule has 2 aliphatic heterocycles. The number of carbonyl (C=O) groups excluding carboxylic acids is 2. The maximum atomic E-state index is 13.0. The number of hydrogen-bond donors (Lipinski definition) is 2. The second-order valence-electron chi connectivity index (χ2n) is 7.97. The molecular formula is C21H24N8O2. The fourth-order valence-electron chi connectivity index (χ4n) is 3.88. The Balaban J connectivity index is 1.25. The number of hydrogen-bond acceptors (Lipinski definition) is 6. The number of likely N-dealkylation sites (N-methyl/N-ethyl adjacent to an activating group) is 1. The molecule has 1 fully saturated rings. The van der Waals surface area contributed by atoms with Crippen LogP contribution in [0.3, 0.4) is 0 Å². The van der Waals surface area contributed by atoms with Crippen LogP contribution in [0.2, 0.25) is 0 Å². The van der Waals surface area contributed by atoms with Crippen molar-refractivity contribution in [2.24, 2.45) is 0 Å². The Labute approximate surface area is 179 Å².